The van der Waals surface area contributed by atoms with Crippen molar-refractivity contribution in [1.82, 2.24) is 0 Å². The number of hydrogen-bond donors (Lipinski definition) is 1. The third kappa shape index (κ3) is 3.14. The molecule has 2 aromatic carbocycles. The lowest BCUT2D eigenvalue weighted by atomic mass is 10.1. The molecule has 0 radical (unpaired) electrons. The standard InChI is InChI=1S/C17H12ClFN2O3/c18-13-9-11(19)4-5-14(13)20-17(24)10-2-1-3-12(8-10)21-15(22)6-7-16(21)23/h1-5,8-9H,6-7H2,(H,20,24). The van der Waals surface area contributed by atoms with Crippen molar-refractivity contribution in [2.45, 2.75) is 12.8 Å². The number of hydrogen-bond acceptors (Lipinski definition) is 3. The number of imide groups is 1. The molecule has 0 saturated carbocycles. The molecular weight excluding hydrogens is 335 g/mol. The van der Waals surface area contributed by atoms with E-state index in [2.05, 4.69) is 5.32 Å². The van der Waals surface area contributed by atoms with Crippen molar-refractivity contribution in [3.8, 4) is 0 Å². The van der Waals surface area contributed by atoms with Gasteiger partial charge in [-0.25, -0.2) is 4.39 Å². The zero-order valence-electron chi connectivity index (χ0n) is 12.4. The maximum Gasteiger partial charge on any atom is 0.255 e. The Labute approximate surface area is 142 Å². The van der Waals surface area contributed by atoms with E-state index >= 15 is 0 Å². The maximum absolute atomic E-state index is 13.0. The fourth-order valence-electron chi connectivity index (χ4n) is 2.44. The predicted octanol–water partition coefficient (Wildman–Crippen LogP) is 3.38. The number of rotatable bonds is 3. The highest BCUT2D eigenvalue weighted by atomic mass is 35.5. The summed E-state index contributed by atoms with van der Waals surface area (Å²) >= 11 is 5.88. The number of nitrogens with zero attached hydrogens (tertiary/aromatic N) is 1. The molecule has 1 fully saturated rings. The van der Waals surface area contributed by atoms with Gasteiger partial charge in [-0.1, -0.05) is 17.7 Å². The van der Waals surface area contributed by atoms with Crippen LogP contribution in [0.3, 0.4) is 0 Å². The van der Waals surface area contributed by atoms with E-state index in [9.17, 15) is 18.8 Å². The molecule has 1 saturated heterocycles. The first-order chi connectivity index (χ1) is 11.5. The van der Waals surface area contributed by atoms with Crippen LogP contribution in [0.2, 0.25) is 5.02 Å². The van der Waals surface area contributed by atoms with Crippen LogP contribution in [0.4, 0.5) is 15.8 Å². The molecule has 0 atom stereocenters. The summed E-state index contributed by atoms with van der Waals surface area (Å²) in [6, 6.07) is 9.79. The fraction of sp³-hybridized carbons (Fsp3) is 0.118. The van der Waals surface area contributed by atoms with Crippen molar-refractivity contribution < 1.29 is 18.8 Å². The zero-order chi connectivity index (χ0) is 17.3. The van der Waals surface area contributed by atoms with E-state index in [1.54, 1.807) is 18.2 Å². The van der Waals surface area contributed by atoms with Gasteiger partial charge in [-0.3, -0.25) is 19.3 Å². The van der Waals surface area contributed by atoms with Crippen molar-refractivity contribution in [3.05, 3.63) is 58.9 Å². The Hall–Kier alpha value is -2.73. The number of anilines is 2. The van der Waals surface area contributed by atoms with Crippen LogP contribution in [0.15, 0.2) is 42.5 Å². The van der Waals surface area contributed by atoms with Gasteiger partial charge < -0.3 is 5.32 Å². The molecule has 0 aliphatic carbocycles. The van der Waals surface area contributed by atoms with Crippen molar-refractivity contribution >= 4 is 40.7 Å². The van der Waals surface area contributed by atoms with Gasteiger partial charge in [0.25, 0.3) is 5.91 Å². The molecule has 122 valence electrons. The Bertz CT molecular complexity index is 837. The van der Waals surface area contributed by atoms with E-state index < -0.39 is 11.7 Å². The minimum Gasteiger partial charge on any atom is -0.321 e. The van der Waals surface area contributed by atoms with Gasteiger partial charge in [-0.05, 0) is 36.4 Å². The summed E-state index contributed by atoms with van der Waals surface area (Å²) in [4.78, 5) is 37.0. The lowest BCUT2D eigenvalue weighted by molar-refractivity contribution is -0.121. The molecule has 0 bridgehead atoms. The van der Waals surface area contributed by atoms with Crippen molar-refractivity contribution in [2.75, 3.05) is 10.2 Å². The SMILES string of the molecule is O=C(Nc1ccc(F)cc1Cl)c1cccc(N2C(=O)CCC2=O)c1. The molecule has 3 amide bonds. The van der Waals surface area contributed by atoms with Crippen molar-refractivity contribution in [2.24, 2.45) is 0 Å². The van der Waals surface area contributed by atoms with Crippen LogP contribution in [-0.2, 0) is 9.59 Å². The van der Waals surface area contributed by atoms with Gasteiger partial charge in [0, 0.05) is 18.4 Å². The highest BCUT2D eigenvalue weighted by molar-refractivity contribution is 6.34. The Balaban J connectivity index is 1.84. The van der Waals surface area contributed by atoms with Crippen LogP contribution in [0.25, 0.3) is 0 Å². The summed E-state index contributed by atoms with van der Waals surface area (Å²) in [6.07, 6.45) is 0.334. The predicted molar refractivity (Wildman–Crippen MR) is 87.5 cm³/mol. The molecule has 1 heterocycles. The first-order valence-corrected chi connectivity index (χ1v) is 7.56. The second-order valence-corrected chi connectivity index (χ2v) is 5.66. The molecule has 0 spiro atoms. The molecule has 3 rings (SSSR count). The minimum atomic E-state index is -0.508. The van der Waals surface area contributed by atoms with Crippen LogP contribution in [0, 0.1) is 5.82 Å². The van der Waals surface area contributed by atoms with E-state index in [0.29, 0.717) is 5.69 Å². The monoisotopic (exact) mass is 346 g/mol. The third-order valence-corrected chi connectivity index (χ3v) is 3.91. The maximum atomic E-state index is 13.0. The quantitative estimate of drug-likeness (QED) is 0.866. The average Bonchev–Trinajstić information content (AvgIpc) is 2.89. The number of amides is 3. The number of nitrogens with one attached hydrogen (secondary N) is 1. The van der Waals surface area contributed by atoms with Crippen LogP contribution >= 0.6 is 11.6 Å². The van der Waals surface area contributed by atoms with E-state index in [-0.39, 0.29) is 40.9 Å². The molecule has 1 aliphatic heterocycles. The van der Waals surface area contributed by atoms with E-state index in [0.717, 1.165) is 11.0 Å². The normalized spacial score (nSPS) is 14.2. The molecule has 7 heteroatoms. The third-order valence-electron chi connectivity index (χ3n) is 3.60. The van der Waals surface area contributed by atoms with Gasteiger partial charge in [0.1, 0.15) is 5.82 Å². The lowest BCUT2D eigenvalue weighted by Gasteiger charge is -2.15. The van der Waals surface area contributed by atoms with Crippen LogP contribution in [-0.4, -0.2) is 17.7 Å². The highest BCUT2D eigenvalue weighted by Gasteiger charge is 2.30. The second-order valence-electron chi connectivity index (χ2n) is 5.25. The molecule has 1 N–H and O–H groups in total. The smallest absolute Gasteiger partial charge is 0.255 e. The second kappa shape index (κ2) is 6.41. The fourth-order valence-corrected chi connectivity index (χ4v) is 2.65. The van der Waals surface area contributed by atoms with E-state index in [4.69, 9.17) is 11.6 Å². The number of halogens is 2. The number of carbonyl (C=O) groups is 3. The Morgan fingerprint density at radius 2 is 1.79 bits per heavy atom. The topological polar surface area (TPSA) is 66.5 Å². The average molecular weight is 347 g/mol. The van der Waals surface area contributed by atoms with Crippen molar-refractivity contribution in [3.63, 3.8) is 0 Å². The molecule has 24 heavy (non-hydrogen) atoms. The first-order valence-electron chi connectivity index (χ1n) is 7.18. The minimum absolute atomic E-state index is 0.0735. The molecular formula is C17H12ClFN2O3. The lowest BCUT2D eigenvalue weighted by Crippen LogP contribution is -2.28. The summed E-state index contributed by atoms with van der Waals surface area (Å²) in [5.74, 6) is -1.58. The van der Waals surface area contributed by atoms with Crippen LogP contribution in [0.1, 0.15) is 23.2 Å². The van der Waals surface area contributed by atoms with Gasteiger partial charge in [0.05, 0.1) is 16.4 Å². The molecule has 0 unspecified atom stereocenters. The van der Waals surface area contributed by atoms with Crippen molar-refractivity contribution in [1.29, 1.82) is 0 Å². The molecule has 5 nitrogen and oxygen atoms in total. The summed E-state index contributed by atoms with van der Waals surface area (Å²) in [7, 11) is 0. The van der Waals surface area contributed by atoms with Gasteiger partial charge in [-0.15, -0.1) is 0 Å². The summed E-state index contributed by atoms with van der Waals surface area (Å²) in [5, 5.41) is 2.64. The molecule has 0 aromatic heterocycles. The van der Waals surface area contributed by atoms with E-state index in [1.165, 1.54) is 18.2 Å². The number of benzene rings is 2. The van der Waals surface area contributed by atoms with Gasteiger partial charge in [0.15, 0.2) is 0 Å². The molecule has 1 aliphatic rings. The summed E-state index contributed by atoms with van der Waals surface area (Å²) in [5.41, 5.74) is 0.863. The Morgan fingerprint density at radius 3 is 2.46 bits per heavy atom. The number of carbonyl (C=O) groups excluding carboxylic acids is 3. The van der Waals surface area contributed by atoms with Crippen LogP contribution < -0.4 is 10.2 Å². The van der Waals surface area contributed by atoms with E-state index in [1.807, 2.05) is 0 Å². The Kier molecular flexibility index (Phi) is 4.31. The zero-order valence-corrected chi connectivity index (χ0v) is 13.1. The molecule has 2 aromatic rings. The van der Waals surface area contributed by atoms with Gasteiger partial charge in [-0.2, -0.15) is 0 Å². The highest BCUT2D eigenvalue weighted by Crippen LogP contribution is 2.25. The summed E-state index contributed by atoms with van der Waals surface area (Å²) in [6.45, 7) is 0. The Morgan fingerprint density at radius 1 is 1.08 bits per heavy atom. The van der Waals surface area contributed by atoms with Crippen LogP contribution in [0.5, 0.6) is 0 Å². The van der Waals surface area contributed by atoms with Gasteiger partial charge >= 0.3 is 0 Å². The summed E-state index contributed by atoms with van der Waals surface area (Å²) < 4.78 is 13.0. The first kappa shape index (κ1) is 16.1. The largest absolute Gasteiger partial charge is 0.321 e. The van der Waals surface area contributed by atoms with Gasteiger partial charge in [0.2, 0.25) is 11.8 Å².